The van der Waals surface area contributed by atoms with E-state index in [1.807, 2.05) is 42.4 Å². The van der Waals surface area contributed by atoms with Crippen molar-refractivity contribution in [3.05, 3.63) is 24.2 Å². The first-order chi connectivity index (χ1) is 11.4. The van der Waals surface area contributed by atoms with Crippen LogP contribution >= 0.6 is 11.6 Å². The van der Waals surface area contributed by atoms with Crippen molar-refractivity contribution >= 4 is 28.9 Å². The molecule has 0 spiro atoms. The second kappa shape index (κ2) is 6.59. The molecule has 0 radical (unpaired) electrons. The second-order valence-corrected chi connectivity index (χ2v) is 7.36. The molecule has 0 saturated carbocycles. The Bertz CT molecular complexity index is 738. The number of imidazole rings is 1. The van der Waals surface area contributed by atoms with E-state index in [2.05, 4.69) is 9.97 Å². The minimum Gasteiger partial charge on any atom is -0.444 e. The largest absolute Gasteiger partial charge is 0.444 e. The highest BCUT2D eigenvalue weighted by molar-refractivity contribution is 6.16. The van der Waals surface area contributed by atoms with Crippen LogP contribution < -0.4 is 0 Å². The minimum atomic E-state index is -0.491. The lowest BCUT2D eigenvalue weighted by Gasteiger charge is -2.29. The molecule has 1 fully saturated rings. The van der Waals surface area contributed by atoms with Crippen molar-refractivity contribution in [2.45, 2.75) is 57.7 Å². The molecule has 3 rings (SSSR count). The maximum Gasteiger partial charge on any atom is 0.410 e. The van der Waals surface area contributed by atoms with E-state index in [1.54, 1.807) is 6.20 Å². The van der Waals surface area contributed by atoms with Crippen LogP contribution in [-0.2, 0) is 17.2 Å². The van der Waals surface area contributed by atoms with Gasteiger partial charge in [0.2, 0.25) is 0 Å². The summed E-state index contributed by atoms with van der Waals surface area (Å²) in [5, 5.41) is 0. The van der Waals surface area contributed by atoms with Crippen molar-refractivity contribution in [1.29, 1.82) is 0 Å². The van der Waals surface area contributed by atoms with Gasteiger partial charge in [-0.2, -0.15) is 0 Å². The minimum absolute atomic E-state index is 0.0706. The lowest BCUT2D eigenvalue weighted by Crippen LogP contribution is -2.41. The molecule has 24 heavy (non-hydrogen) atoms. The zero-order chi connectivity index (χ0) is 17.3. The molecule has 6 nitrogen and oxygen atoms in total. The van der Waals surface area contributed by atoms with Crippen molar-refractivity contribution < 1.29 is 9.53 Å². The molecule has 7 heteroatoms. The number of aromatic nitrogens is 3. The SMILES string of the molecule is CC(C)(C)OC(=O)N1CCC[C@@H]1Cn1c(CCl)nc2cccnc21. The Morgan fingerprint density at radius 1 is 1.46 bits per heavy atom. The zero-order valence-corrected chi connectivity index (χ0v) is 15.1. The van der Waals surface area contributed by atoms with Gasteiger partial charge in [0, 0.05) is 19.3 Å². The smallest absolute Gasteiger partial charge is 0.410 e. The predicted octanol–water partition coefficient (Wildman–Crippen LogP) is 3.57. The average molecular weight is 351 g/mol. The Kier molecular flexibility index (Phi) is 4.67. The number of hydrogen-bond acceptors (Lipinski definition) is 4. The van der Waals surface area contributed by atoms with Gasteiger partial charge in [-0.3, -0.25) is 0 Å². The first kappa shape index (κ1) is 17.0. The third-order valence-electron chi connectivity index (χ3n) is 4.10. The molecule has 0 bridgehead atoms. The number of halogens is 1. The van der Waals surface area contributed by atoms with E-state index < -0.39 is 5.60 Å². The second-order valence-electron chi connectivity index (χ2n) is 7.09. The number of ether oxygens (including phenoxy) is 1. The number of alkyl halides is 1. The predicted molar refractivity (Wildman–Crippen MR) is 93.0 cm³/mol. The first-order valence-corrected chi connectivity index (χ1v) is 8.78. The summed E-state index contributed by atoms with van der Waals surface area (Å²) in [6.07, 6.45) is 3.40. The number of amides is 1. The van der Waals surface area contributed by atoms with E-state index in [0.717, 1.165) is 36.4 Å². The summed E-state index contributed by atoms with van der Waals surface area (Å²) in [6, 6.07) is 3.86. The number of likely N-dealkylation sites (tertiary alicyclic amines) is 1. The summed E-state index contributed by atoms with van der Waals surface area (Å²) >= 11 is 6.06. The Labute approximate surface area is 146 Å². The van der Waals surface area contributed by atoms with Crippen LogP contribution in [0.15, 0.2) is 18.3 Å². The van der Waals surface area contributed by atoms with Crippen LogP contribution in [0.5, 0.6) is 0 Å². The van der Waals surface area contributed by atoms with Gasteiger partial charge in [-0.25, -0.2) is 14.8 Å². The molecular weight excluding hydrogens is 328 g/mol. The number of nitrogens with zero attached hydrogens (tertiary/aromatic N) is 4. The Morgan fingerprint density at radius 2 is 2.25 bits per heavy atom. The van der Waals surface area contributed by atoms with Gasteiger partial charge in [-0.1, -0.05) is 0 Å². The topological polar surface area (TPSA) is 60.2 Å². The van der Waals surface area contributed by atoms with Crippen molar-refractivity contribution in [3.63, 3.8) is 0 Å². The molecule has 2 aromatic heterocycles. The summed E-state index contributed by atoms with van der Waals surface area (Å²) in [5.74, 6) is 1.09. The Hall–Kier alpha value is -1.82. The number of fused-ring (bicyclic) bond motifs is 1. The van der Waals surface area contributed by atoms with Gasteiger partial charge in [0.05, 0.1) is 11.9 Å². The quantitative estimate of drug-likeness (QED) is 0.794. The number of rotatable bonds is 3. The Morgan fingerprint density at radius 3 is 2.96 bits per heavy atom. The van der Waals surface area contributed by atoms with Crippen LogP contribution in [0.1, 0.15) is 39.4 Å². The van der Waals surface area contributed by atoms with Crippen LogP contribution in [0.4, 0.5) is 4.79 Å². The van der Waals surface area contributed by atoms with Crippen molar-refractivity contribution in [3.8, 4) is 0 Å². The normalized spacial score (nSPS) is 18.3. The van der Waals surface area contributed by atoms with Gasteiger partial charge in [0.25, 0.3) is 0 Å². The maximum absolute atomic E-state index is 12.5. The van der Waals surface area contributed by atoms with Crippen LogP contribution in [-0.4, -0.2) is 43.7 Å². The Balaban J connectivity index is 1.84. The van der Waals surface area contributed by atoms with Crippen molar-refractivity contribution in [2.75, 3.05) is 6.54 Å². The van der Waals surface area contributed by atoms with E-state index in [-0.39, 0.29) is 12.1 Å². The molecule has 0 aromatic carbocycles. The number of carbonyl (C=O) groups is 1. The fourth-order valence-electron chi connectivity index (χ4n) is 3.10. The monoisotopic (exact) mass is 350 g/mol. The van der Waals surface area contributed by atoms with Crippen LogP contribution in [0.3, 0.4) is 0 Å². The van der Waals surface area contributed by atoms with E-state index in [4.69, 9.17) is 16.3 Å². The molecule has 1 saturated heterocycles. The third-order valence-corrected chi connectivity index (χ3v) is 4.34. The van der Waals surface area contributed by atoms with E-state index in [9.17, 15) is 4.79 Å². The zero-order valence-electron chi connectivity index (χ0n) is 14.3. The van der Waals surface area contributed by atoms with Gasteiger partial charge in [0.1, 0.15) is 16.9 Å². The molecule has 130 valence electrons. The number of hydrogen-bond donors (Lipinski definition) is 0. The molecule has 2 aromatic rings. The fourth-order valence-corrected chi connectivity index (χ4v) is 3.30. The van der Waals surface area contributed by atoms with E-state index in [1.165, 1.54) is 0 Å². The van der Waals surface area contributed by atoms with Crippen LogP contribution in [0, 0.1) is 0 Å². The summed E-state index contributed by atoms with van der Waals surface area (Å²) in [4.78, 5) is 23.2. The highest BCUT2D eigenvalue weighted by atomic mass is 35.5. The van der Waals surface area contributed by atoms with Gasteiger partial charge >= 0.3 is 6.09 Å². The molecule has 3 heterocycles. The van der Waals surface area contributed by atoms with Crippen molar-refractivity contribution in [2.24, 2.45) is 0 Å². The van der Waals surface area contributed by atoms with Crippen molar-refractivity contribution in [1.82, 2.24) is 19.4 Å². The number of carbonyl (C=O) groups excluding carboxylic acids is 1. The molecule has 1 aliphatic rings. The van der Waals surface area contributed by atoms with E-state index >= 15 is 0 Å². The van der Waals surface area contributed by atoms with E-state index in [0.29, 0.717) is 12.4 Å². The molecule has 0 unspecified atom stereocenters. The fraction of sp³-hybridized carbons (Fsp3) is 0.588. The van der Waals surface area contributed by atoms with Gasteiger partial charge in [0.15, 0.2) is 5.65 Å². The molecule has 0 N–H and O–H groups in total. The van der Waals surface area contributed by atoms with Crippen LogP contribution in [0.2, 0.25) is 0 Å². The maximum atomic E-state index is 12.5. The molecular formula is C17H23ClN4O2. The van der Waals surface area contributed by atoms with Gasteiger partial charge < -0.3 is 14.2 Å². The standard InChI is InChI=1S/C17H23ClN4O2/c1-17(2,3)24-16(23)21-9-5-6-12(21)11-22-14(10-18)20-13-7-4-8-19-15(13)22/h4,7-8,12H,5-6,9-11H2,1-3H3/t12-/m1/s1. The molecule has 1 amide bonds. The summed E-state index contributed by atoms with van der Waals surface area (Å²) in [5.41, 5.74) is 1.15. The molecule has 1 atom stereocenters. The number of pyridine rings is 1. The highest BCUT2D eigenvalue weighted by Crippen LogP contribution is 2.24. The highest BCUT2D eigenvalue weighted by Gasteiger charge is 2.33. The lowest BCUT2D eigenvalue weighted by molar-refractivity contribution is 0.0214. The molecule has 1 aliphatic heterocycles. The summed E-state index contributed by atoms with van der Waals surface area (Å²) in [7, 11) is 0. The van der Waals surface area contributed by atoms with Gasteiger partial charge in [-0.05, 0) is 45.7 Å². The first-order valence-electron chi connectivity index (χ1n) is 8.25. The lowest BCUT2D eigenvalue weighted by atomic mass is 10.2. The summed E-state index contributed by atoms with van der Waals surface area (Å²) < 4.78 is 7.56. The van der Waals surface area contributed by atoms with Crippen LogP contribution in [0.25, 0.3) is 11.2 Å². The average Bonchev–Trinajstić information content (AvgIpc) is 3.11. The third kappa shape index (κ3) is 3.48. The van der Waals surface area contributed by atoms with Gasteiger partial charge in [-0.15, -0.1) is 11.6 Å². The summed E-state index contributed by atoms with van der Waals surface area (Å²) in [6.45, 7) is 7.00. The molecule has 0 aliphatic carbocycles.